The molecular weight excluding hydrogens is 322 g/mol. The fourth-order valence-corrected chi connectivity index (χ4v) is 3.02. The van der Waals surface area contributed by atoms with Crippen molar-refractivity contribution in [1.29, 1.82) is 5.26 Å². The lowest BCUT2D eigenvalue weighted by molar-refractivity contribution is -0.133. The molecule has 1 aliphatic heterocycles. The Morgan fingerprint density at radius 2 is 1.92 bits per heavy atom. The van der Waals surface area contributed by atoms with Gasteiger partial charge in [0, 0.05) is 33.4 Å². The molecule has 0 aromatic heterocycles. The normalized spacial score (nSPS) is 15.8. The fraction of sp³-hybridized carbons (Fsp3) is 0.818. The van der Waals surface area contributed by atoms with E-state index >= 15 is 0 Å². The summed E-state index contributed by atoms with van der Waals surface area (Å²) < 4.78 is 0. The van der Waals surface area contributed by atoms with E-state index in [4.69, 9.17) is 5.26 Å². The van der Waals surface area contributed by atoms with Gasteiger partial charge in [-0.05, 0) is 51.0 Å². The lowest BCUT2D eigenvalue weighted by Gasteiger charge is -2.33. The van der Waals surface area contributed by atoms with Gasteiger partial charge in [0.05, 0.1) is 6.07 Å². The molecular formula is C22H43N3O. The van der Waals surface area contributed by atoms with Gasteiger partial charge < -0.3 is 10.2 Å². The van der Waals surface area contributed by atoms with E-state index in [9.17, 15) is 4.79 Å². The van der Waals surface area contributed by atoms with Gasteiger partial charge in [-0.2, -0.15) is 5.26 Å². The number of hydrogen-bond donors (Lipinski definition) is 1. The number of likely N-dealkylation sites (tertiary alicyclic amines) is 1. The van der Waals surface area contributed by atoms with E-state index < -0.39 is 0 Å². The molecule has 152 valence electrons. The van der Waals surface area contributed by atoms with E-state index in [1.165, 1.54) is 18.4 Å². The molecule has 1 aliphatic rings. The van der Waals surface area contributed by atoms with Crippen LogP contribution in [0.4, 0.5) is 0 Å². The van der Waals surface area contributed by atoms with Gasteiger partial charge in [-0.1, -0.05) is 39.7 Å². The first-order chi connectivity index (χ1) is 12.3. The molecule has 1 fully saturated rings. The highest BCUT2D eigenvalue weighted by Gasteiger charge is 2.22. The van der Waals surface area contributed by atoms with Crippen LogP contribution in [0.3, 0.4) is 0 Å². The highest BCUT2D eigenvalue weighted by molar-refractivity contribution is 5.76. The van der Waals surface area contributed by atoms with E-state index in [-0.39, 0.29) is 1.43 Å². The van der Waals surface area contributed by atoms with Crippen LogP contribution in [0.25, 0.3) is 0 Å². The van der Waals surface area contributed by atoms with Gasteiger partial charge in [-0.15, -0.1) is 6.58 Å². The third-order valence-corrected chi connectivity index (χ3v) is 4.72. The predicted octanol–water partition coefficient (Wildman–Crippen LogP) is 5.16. The Kier molecular flexibility index (Phi) is 14.0. The van der Waals surface area contributed by atoms with Gasteiger partial charge in [-0.25, -0.2) is 0 Å². The SMILES string of the molecule is C=C(C)CC(C)CC.CC(C)CC(=O)N1CCC(NCCCC#N)CC1.[HH]. The molecule has 1 N–H and O–H groups in total. The van der Waals surface area contributed by atoms with Crippen molar-refractivity contribution in [3.8, 4) is 6.07 Å². The van der Waals surface area contributed by atoms with Gasteiger partial charge in [0.15, 0.2) is 0 Å². The van der Waals surface area contributed by atoms with Crippen molar-refractivity contribution in [3.63, 3.8) is 0 Å². The maximum absolute atomic E-state index is 11.9. The Balaban J connectivity index is 0. The molecule has 1 saturated heterocycles. The lowest BCUT2D eigenvalue weighted by atomic mass is 10.0. The Hall–Kier alpha value is -1.34. The second-order valence-electron chi connectivity index (χ2n) is 8.14. The van der Waals surface area contributed by atoms with Gasteiger partial charge in [0.1, 0.15) is 0 Å². The number of hydrogen-bond acceptors (Lipinski definition) is 3. The average Bonchev–Trinajstić information content (AvgIpc) is 2.58. The molecule has 4 heteroatoms. The lowest BCUT2D eigenvalue weighted by Crippen LogP contribution is -2.45. The number of nitrogens with one attached hydrogen (secondary N) is 1. The van der Waals surface area contributed by atoms with Gasteiger partial charge in [0.2, 0.25) is 5.91 Å². The van der Waals surface area contributed by atoms with Crippen molar-refractivity contribution in [2.24, 2.45) is 11.8 Å². The molecule has 0 aliphatic carbocycles. The molecule has 0 radical (unpaired) electrons. The summed E-state index contributed by atoms with van der Waals surface area (Å²) in [5, 5.41) is 11.9. The minimum Gasteiger partial charge on any atom is -0.343 e. The molecule has 1 atom stereocenters. The summed E-state index contributed by atoms with van der Waals surface area (Å²) in [4.78, 5) is 13.9. The number of nitrogens with zero attached hydrogens (tertiary/aromatic N) is 2. The second-order valence-corrected chi connectivity index (χ2v) is 8.14. The van der Waals surface area contributed by atoms with Crippen LogP contribution in [0.15, 0.2) is 12.2 Å². The zero-order chi connectivity index (χ0) is 19.9. The summed E-state index contributed by atoms with van der Waals surface area (Å²) in [5.74, 6) is 1.57. The highest BCUT2D eigenvalue weighted by Crippen LogP contribution is 2.13. The van der Waals surface area contributed by atoms with E-state index in [2.05, 4.69) is 52.6 Å². The number of rotatable bonds is 9. The van der Waals surface area contributed by atoms with E-state index in [1.54, 1.807) is 0 Å². The highest BCUT2D eigenvalue weighted by atomic mass is 16.2. The van der Waals surface area contributed by atoms with Crippen LogP contribution >= 0.6 is 0 Å². The second kappa shape index (κ2) is 14.8. The molecule has 0 bridgehead atoms. The standard InChI is InChI=1S/C14H25N3O.C8H16.H2/c1-12(2)11-14(18)17-9-5-13(6-10-17)16-8-4-3-7-15;1-5-8(4)6-7(2)3;/h12-13,16H,3-6,8-11H2,1-2H3;8H,2,5-6H2,1,3-4H3;1H. The van der Waals surface area contributed by atoms with Gasteiger partial charge in [0.25, 0.3) is 0 Å². The third kappa shape index (κ3) is 12.9. The van der Waals surface area contributed by atoms with Crippen molar-refractivity contribution in [2.75, 3.05) is 19.6 Å². The molecule has 26 heavy (non-hydrogen) atoms. The van der Waals surface area contributed by atoms with Crippen LogP contribution in [0.1, 0.15) is 81.0 Å². The topological polar surface area (TPSA) is 56.1 Å². The smallest absolute Gasteiger partial charge is 0.222 e. The number of unbranched alkanes of at least 4 members (excludes halogenated alkanes) is 1. The fourth-order valence-electron chi connectivity index (χ4n) is 3.02. The number of carbonyl (C=O) groups is 1. The summed E-state index contributed by atoms with van der Waals surface area (Å²) in [6, 6.07) is 2.67. The van der Waals surface area contributed by atoms with Crippen LogP contribution in [0, 0.1) is 23.2 Å². The first-order valence-electron chi connectivity index (χ1n) is 10.3. The van der Waals surface area contributed by atoms with Gasteiger partial charge in [-0.3, -0.25) is 4.79 Å². The summed E-state index contributed by atoms with van der Waals surface area (Å²) >= 11 is 0. The Morgan fingerprint density at radius 3 is 2.35 bits per heavy atom. The third-order valence-electron chi connectivity index (χ3n) is 4.72. The maximum atomic E-state index is 11.9. The largest absolute Gasteiger partial charge is 0.343 e. The molecule has 0 spiro atoms. The quantitative estimate of drug-likeness (QED) is 0.453. The molecule has 0 aromatic carbocycles. The molecule has 0 aromatic rings. The summed E-state index contributed by atoms with van der Waals surface area (Å²) in [5.41, 5.74) is 1.30. The minimum absolute atomic E-state index is 0. The van der Waals surface area contributed by atoms with Crippen molar-refractivity contribution >= 4 is 5.91 Å². The first-order valence-corrected chi connectivity index (χ1v) is 10.3. The molecule has 1 amide bonds. The van der Waals surface area contributed by atoms with Crippen molar-refractivity contribution in [2.45, 2.75) is 85.6 Å². The molecule has 1 heterocycles. The van der Waals surface area contributed by atoms with E-state index in [0.717, 1.165) is 44.8 Å². The Bertz CT molecular complexity index is 437. The number of amides is 1. The zero-order valence-corrected chi connectivity index (χ0v) is 17.8. The predicted molar refractivity (Wildman–Crippen MR) is 113 cm³/mol. The van der Waals surface area contributed by atoms with Crippen molar-refractivity contribution in [3.05, 3.63) is 12.2 Å². The average molecular weight is 366 g/mol. The Labute approximate surface area is 163 Å². The zero-order valence-electron chi connectivity index (χ0n) is 17.8. The van der Waals surface area contributed by atoms with Crippen LogP contribution in [-0.4, -0.2) is 36.5 Å². The molecule has 1 rings (SSSR count). The van der Waals surface area contributed by atoms with Crippen molar-refractivity contribution < 1.29 is 6.22 Å². The number of nitriles is 1. The number of piperidine rings is 1. The molecule has 1 unspecified atom stereocenters. The van der Waals surface area contributed by atoms with Crippen LogP contribution < -0.4 is 5.32 Å². The molecule has 0 saturated carbocycles. The summed E-state index contributed by atoms with van der Waals surface area (Å²) in [6.07, 6.45) is 6.75. The maximum Gasteiger partial charge on any atom is 0.222 e. The first kappa shape index (κ1) is 24.7. The molecule has 4 nitrogen and oxygen atoms in total. The van der Waals surface area contributed by atoms with E-state index in [0.29, 0.717) is 30.7 Å². The summed E-state index contributed by atoms with van der Waals surface area (Å²) in [7, 11) is 0. The monoisotopic (exact) mass is 365 g/mol. The van der Waals surface area contributed by atoms with Gasteiger partial charge >= 0.3 is 0 Å². The number of allylic oxidation sites excluding steroid dienone is 1. The Morgan fingerprint density at radius 1 is 1.31 bits per heavy atom. The van der Waals surface area contributed by atoms with E-state index in [1.807, 2.05) is 4.90 Å². The van der Waals surface area contributed by atoms with Crippen LogP contribution in [0.2, 0.25) is 0 Å². The van der Waals surface area contributed by atoms with Crippen LogP contribution in [0.5, 0.6) is 0 Å². The van der Waals surface area contributed by atoms with Crippen LogP contribution in [-0.2, 0) is 4.79 Å². The summed E-state index contributed by atoms with van der Waals surface area (Å²) in [6.45, 7) is 17.2. The minimum atomic E-state index is 0. The number of carbonyl (C=O) groups excluding carboxylic acids is 1. The van der Waals surface area contributed by atoms with Crippen molar-refractivity contribution in [1.82, 2.24) is 10.2 Å².